The molecule has 19 heavy (non-hydrogen) atoms. The maximum atomic E-state index is 9.02. The summed E-state index contributed by atoms with van der Waals surface area (Å²) in [5.74, 6) is 0.924. The number of aliphatic hydroxyl groups is 1. The van der Waals surface area contributed by atoms with E-state index in [1.807, 2.05) is 0 Å². The fourth-order valence-electron chi connectivity index (χ4n) is 2.54. The van der Waals surface area contributed by atoms with Crippen LogP contribution >= 0.6 is 0 Å². The molecule has 2 N–H and O–H groups in total. The molecule has 102 valence electrons. The molecular weight excluding hydrogens is 244 g/mol. The second kappa shape index (κ2) is 5.50. The molecule has 1 saturated heterocycles. The van der Waals surface area contributed by atoms with E-state index in [0.29, 0.717) is 5.65 Å². The van der Waals surface area contributed by atoms with Gasteiger partial charge in [0.15, 0.2) is 11.5 Å². The van der Waals surface area contributed by atoms with E-state index in [1.54, 1.807) is 12.7 Å². The van der Waals surface area contributed by atoms with E-state index in [9.17, 15) is 0 Å². The summed E-state index contributed by atoms with van der Waals surface area (Å²) in [6, 6.07) is 0. The number of nitrogens with zero attached hydrogens (tertiary/aromatic N) is 5. The average Bonchev–Trinajstić information content (AvgIpc) is 2.79. The van der Waals surface area contributed by atoms with Crippen molar-refractivity contribution in [2.75, 3.05) is 44.2 Å². The summed E-state index contributed by atoms with van der Waals surface area (Å²) < 4.78 is 0. The molecule has 1 fully saturated rings. The minimum atomic E-state index is 0.221. The van der Waals surface area contributed by atoms with Crippen LogP contribution in [-0.4, -0.2) is 69.3 Å². The van der Waals surface area contributed by atoms with Crippen LogP contribution in [0.15, 0.2) is 12.7 Å². The van der Waals surface area contributed by atoms with Gasteiger partial charge in [0.1, 0.15) is 11.8 Å². The molecular formula is C12H18N6O. The van der Waals surface area contributed by atoms with E-state index >= 15 is 0 Å². The van der Waals surface area contributed by atoms with Crippen LogP contribution in [0.5, 0.6) is 0 Å². The van der Waals surface area contributed by atoms with Gasteiger partial charge in [-0.1, -0.05) is 0 Å². The Balaban J connectivity index is 1.80. The van der Waals surface area contributed by atoms with Gasteiger partial charge in [-0.15, -0.1) is 0 Å². The first-order valence-corrected chi connectivity index (χ1v) is 6.61. The fraction of sp³-hybridized carbons (Fsp3) is 0.583. The standard InChI is InChI=1S/C12H18N6O/c19-7-6-17-2-1-3-18(5-4-17)12-10-11(14-8-13-10)15-9-16-12/h8-9,19H,1-7H2,(H,13,14,15,16). The third kappa shape index (κ3) is 2.52. The minimum absolute atomic E-state index is 0.221. The van der Waals surface area contributed by atoms with Crippen LogP contribution in [0, 0.1) is 0 Å². The molecule has 3 heterocycles. The average molecular weight is 262 g/mol. The molecule has 0 bridgehead atoms. The molecule has 0 atom stereocenters. The zero-order valence-electron chi connectivity index (χ0n) is 10.8. The predicted octanol–water partition coefficient (Wildman–Crippen LogP) is -0.143. The molecule has 2 aromatic rings. The number of aromatic amines is 1. The summed E-state index contributed by atoms with van der Waals surface area (Å²) in [6.07, 6.45) is 4.28. The van der Waals surface area contributed by atoms with Crippen molar-refractivity contribution in [3.8, 4) is 0 Å². The van der Waals surface area contributed by atoms with E-state index in [2.05, 4.69) is 29.7 Å². The van der Waals surface area contributed by atoms with Crippen molar-refractivity contribution in [1.82, 2.24) is 24.8 Å². The van der Waals surface area contributed by atoms with Crippen LogP contribution < -0.4 is 4.90 Å². The van der Waals surface area contributed by atoms with Gasteiger partial charge in [-0.3, -0.25) is 4.90 Å². The Morgan fingerprint density at radius 1 is 1.16 bits per heavy atom. The lowest BCUT2D eigenvalue weighted by atomic mass is 10.3. The fourth-order valence-corrected chi connectivity index (χ4v) is 2.54. The number of rotatable bonds is 3. The van der Waals surface area contributed by atoms with Crippen LogP contribution in [0.25, 0.3) is 11.2 Å². The lowest BCUT2D eigenvalue weighted by molar-refractivity contribution is 0.204. The number of nitrogens with one attached hydrogen (secondary N) is 1. The zero-order chi connectivity index (χ0) is 13.1. The van der Waals surface area contributed by atoms with Gasteiger partial charge in [0.05, 0.1) is 12.9 Å². The third-order valence-electron chi connectivity index (χ3n) is 3.51. The molecule has 2 aromatic heterocycles. The first kappa shape index (κ1) is 12.3. The van der Waals surface area contributed by atoms with E-state index in [4.69, 9.17) is 5.11 Å². The van der Waals surface area contributed by atoms with Gasteiger partial charge in [0.25, 0.3) is 0 Å². The van der Waals surface area contributed by atoms with Gasteiger partial charge in [-0.2, -0.15) is 0 Å². The van der Waals surface area contributed by atoms with Gasteiger partial charge < -0.3 is 15.0 Å². The topological polar surface area (TPSA) is 81.2 Å². The van der Waals surface area contributed by atoms with Crippen molar-refractivity contribution in [3.63, 3.8) is 0 Å². The van der Waals surface area contributed by atoms with Crippen molar-refractivity contribution in [3.05, 3.63) is 12.7 Å². The molecule has 1 aliphatic rings. The maximum absolute atomic E-state index is 9.02. The quantitative estimate of drug-likeness (QED) is 0.801. The highest BCUT2D eigenvalue weighted by molar-refractivity contribution is 5.82. The Morgan fingerprint density at radius 3 is 3.00 bits per heavy atom. The molecule has 3 rings (SSSR count). The third-order valence-corrected chi connectivity index (χ3v) is 3.51. The second-order valence-electron chi connectivity index (χ2n) is 4.70. The van der Waals surface area contributed by atoms with E-state index in [-0.39, 0.29) is 6.61 Å². The molecule has 0 spiro atoms. The summed E-state index contributed by atoms with van der Waals surface area (Å²) in [7, 11) is 0. The SMILES string of the molecule is OCCN1CCCN(c2ncnc3nc[nH]c23)CC1. The van der Waals surface area contributed by atoms with Crippen molar-refractivity contribution in [2.24, 2.45) is 0 Å². The second-order valence-corrected chi connectivity index (χ2v) is 4.70. The van der Waals surface area contributed by atoms with Crippen LogP contribution in [-0.2, 0) is 0 Å². The Kier molecular flexibility index (Phi) is 3.56. The predicted molar refractivity (Wildman–Crippen MR) is 72.0 cm³/mol. The lowest BCUT2D eigenvalue weighted by Crippen LogP contribution is -2.32. The smallest absolute Gasteiger partial charge is 0.182 e. The normalized spacial score (nSPS) is 17.8. The van der Waals surface area contributed by atoms with Crippen molar-refractivity contribution in [1.29, 1.82) is 0 Å². The number of β-amino-alcohol motifs (C(OH)–C–C–N with tert-alkyl or cyclic N) is 1. The number of fused-ring (bicyclic) bond motifs is 1. The summed E-state index contributed by atoms with van der Waals surface area (Å²) >= 11 is 0. The zero-order valence-corrected chi connectivity index (χ0v) is 10.8. The molecule has 0 amide bonds. The largest absolute Gasteiger partial charge is 0.395 e. The lowest BCUT2D eigenvalue weighted by Gasteiger charge is -2.22. The van der Waals surface area contributed by atoms with E-state index in [1.165, 1.54) is 0 Å². The van der Waals surface area contributed by atoms with Gasteiger partial charge in [-0.25, -0.2) is 15.0 Å². The monoisotopic (exact) mass is 262 g/mol. The molecule has 1 aliphatic heterocycles. The van der Waals surface area contributed by atoms with E-state index in [0.717, 1.165) is 50.5 Å². The number of aliphatic hydroxyl groups excluding tert-OH is 1. The Morgan fingerprint density at radius 2 is 2.11 bits per heavy atom. The van der Waals surface area contributed by atoms with Crippen LogP contribution in [0.2, 0.25) is 0 Å². The Hall–Kier alpha value is -1.73. The number of hydrogen-bond acceptors (Lipinski definition) is 6. The van der Waals surface area contributed by atoms with Gasteiger partial charge in [0, 0.05) is 26.2 Å². The molecule has 0 aliphatic carbocycles. The van der Waals surface area contributed by atoms with Crippen LogP contribution in [0.1, 0.15) is 6.42 Å². The van der Waals surface area contributed by atoms with Gasteiger partial charge in [-0.05, 0) is 13.0 Å². The highest BCUT2D eigenvalue weighted by Crippen LogP contribution is 2.20. The van der Waals surface area contributed by atoms with Crippen molar-refractivity contribution < 1.29 is 5.11 Å². The summed E-state index contributed by atoms with van der Waals surface area (Å²) in [6.45, 7) is 4.81. The number of aromatic nitrogens is 4. The molecule has 0 saturated carbocycles. The first-order chi connectivity index (χ1) is 9.38. The Bertz CT molecular complexity index is 542. The van der Waals surface area contributed by atoms with Crippen LogP contribution in [0.4, 0.5) is 5.82 Å². The van der Waals surface area contributed by atoms with Crippen molar-refractivity contribution in [2.45, 2.75) is 6.42 Å². The number of hydrogen-bond donors (Lipinski definition) is 2. The first-order valence-electron chi connectivity index (χ1n) is 6.61. The molecule has 0 radical (unpaired) electrons. The molecule has 7 nitrogen and oxygen atoms in total. The molecule has 0 aromatic carbocycles. The molecule has 7 heteroatoms. The van der Waals surface area contributed by atoms with Crippen molar-refractivity contribution >= 4 is 17.0 Å². The number of H-pyrrole nitrogens is 1. The van der Waals surface area contributed by atoms with Gasteiger partial charge >= 0.3 is 0 Å². The number of imidazole rings is 1. The highest BCUT2D eigenvalue weighted by Gasteiger charge is 2.18. The maximum Gasteiger partial charge on any atom is 0.182 e. The summed E-state index contributed by atoms with van der Waals surface area (Å²) in [5, 5.41) is 9.02. The summed E-state index contributed by atoms with van der Waals surface area (Å²) in [5.41, 5.74) is 1.61. The van der Waals surface area contributed by atoms with E-state index < -0.39 is 0 Å². The summed E-state index contributed by atoms with van der Waals surface area (Å²) in [4.78, 5) is 20.4. The van der Waals surface area contributed by atoms with Crippen LogP contribution in [0.3, 0.4) is 0 Å². The minimum Gasteiger partial charge on any atom is -0.395 e. The molecule has 0 unspecified atom stereocenters. The highest BCUT2D eigenvalue weighted by atomic mass is 16.3. The number of anilines is 1. The Labute approximate surface area is 111 Å². The van der Waals surface area contributed by atoms with Gasteiger partial charge in [0.2, 0.25) is 0 Å².